The van der Waals surface area contributed by atoms with Gasteiger partial charge in [-0.1, -0.05) is 103 Å². The molecule has 56 heavy (non-hydrogen) atoms. The van der Waals surface area contributed by atoms with Gasteiger partial charge in [0.25, 0.3) is 0 Å². The van der Waals surface area contributed by atoms with Gasteiger partial charge in [-0.05, 0) is 72.8 Å². The molecule has 0 aliphatic rings. The van der Waals surface area contributed by atoms with Crippen LogP contribution < -0.4 is 0 Å². The van der Waals surface area contributed by atoms with Gasteiger partial charge in [0, 0.05) is 61.6 Å². The second-order valence-corrected chi connectivity index (χ2v) is 14.2. The van der Waals surface area contributed by atoms with Crippen LogP contribution in [0.3, 0.4) is 0 Å². The number of rotatable bonds is 5. The molecule has 0 unspecified atom stereocenters. The van der Waals surface area contributed by atoms with E-state index in [2.05, 4.69) is 188 Å². The number of aromatic nitrogens is 7. The first-order valence-corrected chi connectivity index (χ1v) is 18.8. The molecule has 0 amide bonds. The van der Waals surface area contributed by atoms with Crippen molar-refractivity contribution in [2.75, 3.05) is 0 Å². The van der Waals surface area contributed by atoms with Crippen molar-refractivity contribution in [2.24, 2.45) is 0 Å². The zero-order valence-corrected chi connectivity index (χ0v) is 30.0. The topological polar surface area (TPSA) is 58.4 Å². The van der Waals surface area contributed by atoms with Crippen LogP contribution >= 0.6 is 0 Å². The van der Waals surface area contributed by atoms with E-state index in [1.165, 1.54) is 10.8 Å². The molecule has 0 saturated heterocycles. The summed E-state index contributed by atoms with van der Waals surface area (Å²) in [7, 11) is 0. The zero-order chi connectivity index (χ0) is 36.7. The van der Waals surface area contributed by atoms with E-state index in [-0.39, 0.29) is 0 Å². The van der Waals surface area contributed by atoms with Gasteiger partial charge in [0.2, 0.25) is 11.9 Å². The minimum atomic E-state index is 0.553. The van der Waals surface area contributed by atoms with E-state index in [1.54, 1.807) is 0 Å². The molecule has 0 spiro atoms. The number of benzene rings is 7. The first kappa shape index (κ1) is 30.7. The molecule has 0 saturated carbocycles. The fraction of sp³-hybridized carbons (Fsp3) is 0. The van der Waals surface area contributed by atoms with Crippen molar-refractivity contribution in [1.82, 2.24) is 33.2 Å². The summed E-state index contributed by atoms with van der Waals surface area (Å²) < 4.78 is 8.90. The van der Waals surface area contributed by atoms with Crippen LogP contribution in [0.4, 0.5) is 0 Å². The third kappa shape index (κ3) is 4.55. The molecule has 0 N–H and O–H groups in total. The van der Waals surface area contributed by atoms with E-state index >= 15 is 0 Å². The maximum atomic E-state index is 5.43. The van der Waals surface area contributed by atoms with Crippen LogP contribution in [0.1, 0.15) is 0 Å². The van der Waals surface area contributed by atoms with Gasteiger partial charge >= 0.3 is 0 Å². The average molecular weight is 718 g/mol. The molecule has 0 aliphatic heterocycles. The molecule has 5 heterocycles. The minimum absolute atomic E-state index is 0.553. The van der Waals surface area contributed by atoms with Crippen LogP contribution in [0.2, 0.25) is 0 Å². The Bertz CT molecular complexity index is 3250. The molecular weight excluding hydrogens is 687 g/mol. The summed E-state index contributed by atoms with van der Waals surface area (Å²) in [4.78, 5) is 16.0. The monoisotopic (exact) mass is 717 g/mol. The second-order valence-electron chi connectivity index (χ2n) is 14.2. The normalized spacial score (nSPS) is 11.9. The second kappa shape index (κ2) is 11.9. The molecule has 0 aliphatic carbocycles. The van der Waals surface area contributed by atoms with E-state index in [9.17, 15) is 0 Å². The minimum Gasteiger partial charge on any atom is -0.316 e. The van der Waals surface area contributed by atoms with Crippen molar-refractivity contribution >= 4 is 65.4 Å². The lowest BCUT2D eigenvalue weighted by molar-refractivity contribution is 0.893. The first-order valence-electron chi connectivity index (χ1n) is 18.8. The molecule has 0 atom stereocenters. The number of nitrogens with zero attached hydrogens (tertiary/aromatic N) is 7. The molecule has 0 radical (unpaired) electrons. The molecular formula is C49H31N7. The number of fused-ring (bicyclic) bond motifs is 8. The SMILES string of the molecule is c1ccc(-c2nc(-n3c4ccccc4c4cc5ccn(-c6ccccc6)c5cc43)nc(-n3c4ccccc4c4cc5ccn(-c6ccccc6)c5cc43)n2)cc1. The molecule has 12 rings (SSSR count). The molecule has 7 nitrogen and oxygen atoms in total. The summed E-state index contributed by atoms with van der Waals surface area (Å²) in [5.41, 5.74) is 9.46. The Hall–Kier alpha value is -7.77. The molecule has 262 valence electrons. The lowest BCUT2D eigenvalue weighted by Gasteiger charge is -2.13. The lowest BCUT2D eigenvalue weighted by atomic mass is 10.1. The summed E-state index contributed by atoms with van der Waals surface area (Å²) in [6, 6.07) is 61.8. The Morgan fingerprint density at radius 3 is 1.23 bits per heavy atom. The zero-order valence-electron chi connectivity index (χ0n) is 30.0. The maximum absolute atomic E-state index is 5.43. The molecule has 7 aromatic carbocycles. The van der Waals surface area contributed by atoms with Gasteiger partial charge in [0.05, 0.1) is 33.1 Å². The quantitative estimate of drug-likeness (QED) is 0.178. The van der Waals surface area contributed by atoms with E-state index < -0.39 is 0 Å². The third-order valence-electron chi connectivity index (χ3n) is 11.1. The molecule has 7 heteroatoms. The van der Waals surface area contributed by atoms with Crippen molar-refractivity contribution in [3.8, 4) is 34.7 Å². The van der Waals surface area contributed by atoms with Gasteiger partial charge in [-0.2, -0.15) is 15.0 Å². The molecule has 0 fully saturated rings. The lowest BCUT2D eigenvalue weighted by Crippen LogP contribution is -2.10. The highest BCUT2D eigenvalue weighted by atomic mass is 15.3. The van der Waals surface area contributed by atoms with Crippen LogP contribution in [0.5, 0.6) is 0 Å². The highest BCUT2D eigenvalue weighted by Gasteiger charge is 2.22. The van der Waals surface area contributed by atoms with Crippen molar-refractivity contribution in [3.05, 3.63) is 188 Å². The van der Waals surface area contributed by atoms with E-state index in [4.69, 9.17) is 15.0 Å². The van der Waals surface area contributed by atoms with Crippen molar-refractivity contribution < 1.29 is 0 Å². The Labute approximate surface area is 320 Å². The highest BCUT2D eigenvalue weighted by molar-refractivity contribution is 6.14. The maximum Gasteiger partial charge on any atom is 0.240 e. The predicted molar refractivity (Wildman–Crippen MR) is 228 cm³/mol. The van der Waals surface area contributed by atoms with E-state index in [0.29, 0.717) is 17.7 Å². The fourth-order valence-corrected chi connectivity index (χ4v) is 8.52. The van der Waals surface area contributed by atoms with Crippen LogP contribution in [0.15, 0.2) is 188 Å². The highest BCUT2D eigenvalue weighted by Crippen LogP contribution is 2.38. The Morgan fingerprint density at radius 1 is 0.321 bits per heavy atom. The average Bonchev–Trinajstić information content (AvgIpc) is 4.03. The Morgan fingerprint density at radius 2 is 0.750 bits per heavy atom. The van der Waals surface area contributed by atoms with Gasteiger partial charge in [0.1, 0.15) is 0 Å². The van der Waals surface area contributed by atoms with Crippen LogP contribution in [-0.2, 0) is 0 Å². The molecule has 0 bridgehead atoms. The number of para-hydroxylation sites is 4. The van der Waals surface area contributed by atoms with Gasteiger partial charge in [-0.3, -0.25) is 9.13 Å². The van der Waals surface area contributed by atoms with Gasteiger partial charge in [-0.15, -0.1) is 0 Å². The van der Waals surface area contributed by atoms with Gasteiger partial charge in [0.15, 0.2) is 5.82 Å². The van der Waals surface area contributed by atoms with Gasteiger partial charge in [-0.25, -0.2) is 0 Å². The van der Waals surface area contributed by atoms with E-state index in [0.717, 1.165) is 71.6 Å². The van der Waals surface area contributed by atoms with Crippen LogP contribution in [0, 0.1) is 0 Å². The predicted octanol–water partition coefficient (Wildman–Crippen LogP) is 11.6. The standard InChI is InChI=1S/C49H31N7/c1-4-14-32(15-5-1)47-50-48(55-41-22-12-10-20-37(41)39-28-33-24-26-53(43(33)30-45(39)55)35-16-6-2-7-17-35)52-49(51-47)56-42-23-13-11-21-38(42)40-29-34-25-27-54(44(34)31-46(40)56)36-18-8-3-9-19-36/h1-31H. The van der Waals surface area contributed by atoms with Gasteiger partial charge < -0.3 is 9.13 Å². The summed E-state index contributed by atoms with van der Waals surface area (Å²) in [5, 5.41) is 6.90. The van der Waals surface area contributed by atoms with Crippen LogP contribution in [-0.4, -0.2) is 33.2 Å². The molecule has 5 aromatic heterocycles. The summed E-state index contributed by atoms with van der Waals surface area (Å²) in [5.74, 6) is 1.71. The first-order chi connectivity index (χ1) is 27.8. The fourth-order valence-electron chi connectivity index (χ4n) is 8.52. The third-order valence-corrected chi connectivity index (χ3v) is 11.1. The summed E-state index contributed by atoms with van der Waals surface area (Å²) in [6.07, 6.45) is 4.29. The number of hydrogen-bond donors (Lipinski definition) is 0. The van der Waals surface area contributed by atoms with Crippen molar-refractivity contribution in [2.45, 2.75) is 0 Å². The number of hydrogen-bond acceptors (Lipinski definition) is 3. The largest absolute Gasteiger partial charge is 0.316 e. The smallest absolute Gasteiger partial charge is 0.240 e. The van der Waals surface area contributed by atoms with Crippen LogP contribution in [0.25, 0.3) is 100 Å². The summed E-state index contributed by atoms with van der Waals surface area (Å²) in [6.45, 7) is 0. The van der Waals surface area contributed by atoms with E-state index in [1.807, 2.05) is 18.2 Å². The Balaban J connectivity index is 1.17. The Kier molecular flexibility index (Phi) is 6.50. The van der Waals surface area contributed by atoms with Crippen molar-refractivity contribution in [3.63, 3.8) is 0 Å². The summed E-state index contributed by atoms with van der Waals surface area (Å²) >= 11 is 0. The molecule has 12 aromatic rings. The van der Waals surface area contributed by atoms with Crippen molar-refractivity contribution in [1.29, 1.82) is 0 Å².